The van der Waals surface area contributed by atoms with Crippen LogP contribution in [-0.4, -0.2) is 9.97 Å². The maximum atomic E-state index is 5.58. The lowest BCUT2D eigenvalue weighted by molar-refractivity contribution is 0.662. The van der Waals surface area contributed by atoms with Crippen molar-refractivity contribution in [3.05, 3.63) is 314 Å². The summed E-state index contributed by atoms with van der Waals surface area (Å²) in [5.41, 5.74) is 21.2. The van der Waals surface area contributed by atoms with E-state index in [4.69, 9.17) is 9.97 Å². The van der Waals surface area contributed by atoms with Crippen LogP contribution < -0.4 is 0 Å². The highest BCUT2D eigenvalue weighted by Crippen LogP contribution is 2.54. The molecule has 0 bridgehead atoms. The molecule has 1 aromatic heterocycles. The van der Waals surface area contributed by atoms with E-state index in [-0.39, 0.29) is 5.41 Å². The van der Waals surface area contributed by atoms with Gasteiger partial charge in [-0.1, -0.05) is 238 Å². The molecule has 0 amide bonds. The van der Waals surface area contributed by atoms with Crippen molar-refractivity contribution in [2.24, 2.45) is 0 Å². The Labute approximate surface area is 506 Å². The van der Waals surface area contributed by atoms with Crippen LogP contribution >= 0.6 is 0 Å². The van der Waals surface area contributed by atoms with E-state index in [1.165, 1.54) is 86.9 Å². The molecule has 1 heterocycles. The molecule has 2 heteroatoms. The summed E-state index contributed by atoms with van der Waals surface area (Å²) in [6, 6.07) is 111. The van der Waals surface area contributed by atoms with Crippen LogP contribution in [-0.2, 0) is 5.41 Å². The predicted molar refractivity (Wildman–Crippen MR) is 368 cm³/mol. The second kappa shape index (κ2) is 20.1. The second-order valence-corrected chi connectivity index (χ2v) is 24.0. The van der Waals surface area contributed by atoms with E-state index in [0.29, 0.717) is 5.82 Å². The molecule has 0 N–H and O–H groups in total. The molecule has 2 nitrogen and oxygen atoms in total. The van der Waals surface area contributed by atoms with Crippen LogP contribution in [0.4, 0.5) is 0 Å². The fraction of sp³-hybridized carbons (Fsp3) is 0.0353. The van der Waals surface area contributed by atoms with Crippen molar-refractivity contribution in [3.63, 3.8) is 0 Å². The third kappa shape index (κ3) is 8.47. The topological polar surface area (TPSA) is 25.8 Å². The van der Waals surface area contributed by atoms with Crippen molar-refractivity contribution >= 4 is 64.6 Å². The molecule has 0 unspecified atom stereocenters. The van der Waals surface area contributed by atoms with Crippen LogP contribution in [0.25, 0.3) is 165 Å². The molecular formula is C85H56N2. The molecule has 16 aromatic rings. The first-order chi connectivity index (χ1) is 42.8. The highest BCUT2D eigenvalue weighted by Gasteiger charge is 2.37. The van der Waals surface area contributed by atoms with Gasteiger partial charge >= 0.3 is 0 Å². The number of rotatable bonds is 8. The van der Waals surface area contributed by atoms with Gasteiger partial charge in [-0.2, -0.15) is 0 Å². The lowest BCUT2D eigenvalue weighted by Gasteiger charge is -2.23. The number of hydrogen-bond donors (Lipinski definition) is 0. The van der Waals surface area contributed by atoms with Gasteiger partial charge in [0, 0.05) is 22.1 Å². The van der Waals surface area contributed by atoms with E-state index < -0.39 is 0 Å². The first kappa shape index (κ1) is 50.5. The summed E-state index contributed by atoms with van der Waals surface area (Å²) < 4.78 is 0. The van der Waals surface area contributed by atoms with Crippen molar-refractivity contribution in [2.45, 2.75) is 19.3 Å². The summed E-state index contributed by atoms with van der Waals surface area (Å²) in [7, 11) is 0. The predicted octanol–water partition coefficient (Wildman–Crippen LogP) is 23.0. The number of aromatic nitrogens is 2. The van der Waals surface area contributed by atoms with Gasteiger partial charge in [0.05, 0.1) is 11.4 Å². The molecule has 87 heavy (non-hydrogen) atoms. The number of benzene rings is 15. The molecule has 0 spiro atoms. The minimum absolute atomic E-state index is 0.221. The van der Waals surface area contributed by atoms with Crippen LogP contribution in [0.5, 0.6) is 0 Å². The second-order valence-electron chi connectivity index (χ2n) is 24.0. The molecule has 406 valence electrons. The molecule has 0 radical (unpaired) electrons. The van der Waals surface area contributed by atoms with Crippen molar-refractivity contribution < 1.29 is 0 Å². The zero-order chi connectivity index (χ0) is 57.7. The number of fused-ring (bicyclic) bond motifs is 15. The van der Waals surface area contributed by atoms with Gasteiger partial charge in [0.1, 0.15) is 0 Å². The van der Waals surface area contributed by atoms with Crippen molar-refractivity contribution in [2.75, 3.05) is 0 Å². The third-order valence-electron chi connectivity index (χ3n) is 18.6. The van der Waals surface area contributed by atoms with Gasteiger partial charge in [0.25, 0.3) is 0 Å². The molecule has 0 saturated heterocycles. The van der Waals surface area contributed by atoms with Crippen LogP contribution in [0.1, 0.15) is 25.0 Å². The van der Waals surface area contributed by atoms with Gasteiger partial charge in [-0.15, -0.1) is 0 Å². The monoisotopic (exact) mass is 1100 g/mol. The largest absolute Gasteiger partial charge is 0.228 e. The Morgan fingerprint density at radius 2 is 0.483 bits per heavy atom. The Morgan fingerprint density at radius 3 is 0.885 bits per heavy atom. The summed E-state index contributed by atoms with van der Waals surface area (Å²) in [6.07, 6.45) is 0. The van der Waals surface area contributed by atoms with Crippen molar-refractivity contribution in [3.8, 4) is 101 Å². The van der Waals surface area contributed by atoms with E-state index in [1.54, 1.807) is 0 Å². The van der Waals surface area contributed by atoms with Gasteiger partial charge in [0.2, 0.25) is 0 Å². The summed E-state index contributed by atoms with van der Waals surface area (Å²) in [5, 5.41) is 15.4. The molecule has 17 rings (SSSR count). The normalized spacial score (nSPS) is 12.6. The fourth-order valence-electron chi connectivity index (χ4n) is 14.2. The zero-order valence-corrected chi connectivity index (χ0v) is 48.3. The van der Waals surface area contributed by atoms with Gasteiger partial charge in [-0.25, -0.2) is 9.97 Å². The summed E-state index contributed by atoms with van der Waals surface area (Å²) in [5.74, 6) is 0.658. The van der Waals surface area contributed by atoms with E-state index in [9.17, 15) is 0 Å². The quantitative estimate of drug-likeness (QED) is 0.142. The maximum Gasteiger partial charge on any atom is 0.160 e. The minimum atomic E-state index is -0.221. The fourth-order valence-corrected chi connectivity index (χ4v) is 14.2. The van der Waals surface area contributed by atoms with Crippen LogP contribution in [0.15, 0.2) is 303 Å². The number of nitrogens with zero attached hydrogens (tertiary/aromatic N) is 2. The smallest absolute Gasteiger partial charge is 0.160 e. The van der Waals surface area contributed by atoms with Gasteiger partial charge in [-0.3, -0.25) is 0 Å². The Morgan fingerprint density at radius 1 is 0.195 bits per heavy atom. The van der Waals surface area contributed by atoms with E-state index in [0.717, 1.165) is 83.7 Å². The Balaban J connectivity index is 0.831. The molecule has 15 aromatic carbocycles. The van der Waals surface area contributed by atoms with Crippen LogP contribution in [0.2, 0.25) is 0 Å². The van der Waals surface area contributed by atoms with Crippen molar-refractivity contribution in [1.82, 2.24) is 9.97 Å². The lowest BCUT2D eigenvalue weighted by Crippen LogP contribution is -2.15. The first-order valence-corrected chi connectivity index (χ1v) is 30.2. The molecule has 1 aliphatic rings. The molecule has 0 saturated carbocycles. The first-order valence-electron chi connectivity index (χ1n) is 30.2. The van der Waals surface area contributed by atoms with E-state index in [1.807, 2.05) is 0 Å². The molecular weight excluding hydrogens is 1050 g/mol. The average Bonchev–Trinajstić information content (AvgIpc) is 1.64. The standard InChI is InChI=1S/C85H56N2/c1-85(2)80-50-76-69-35-18-16-33-67(69)66-32-15-17-34-68(66)74(76)48-78(80)79-49-75-71-37-20-19-36-70(71)73-47-58(38-39-72(73)77(75)51-81(79)85)57-30-21-31-59(40-57)84-86-82(64-43-60(53-22-7-3-8-23-53)41-61(44-64)54-24-9-4-10-25-54)52-83(87-84)65-45-62(55-26-11-5-12-27-55)42-63(46-65)56-28-13-6-14-29-56/h3-52H,1-2H3. The molecule has 0 fully saturated rings. The third-order valence-corrected chi connectivity index (χ3v) is 18.6. The highest BCUT2D eigenvalue weighted by molar-refractivity contribution is 6.28. The summed E-state index contributed by atoms with van der Waals surface area (Å²) >= 11 is 0. The van der Waals surface area contributed by atoms with E-state index >= 15 is 0 Å². The summed E-state index contributed by atoms with van der Waals surface area (Å²) in [6.45, 7) is 4.84. The summed E-state index contributed by atoms with van der Waals surface area (Å²) in [4.78, 5) is 11.2. The highest BCUT2D eigenvalue weighted by atomic mass is 14.9. The molecule has 0 aliphatic heterocycles. The van der Waals surface area contributed by atoms with Gasteiger partial charge in [0.15, 0.2) is 5.82 Å². The lowest BCUT2D eigenvalue weighted by atomic mass is 9.80. The minimum Gasteiger partial charge on any atom is -0.228 e. The Kier molecular flexibility index (Phi) is 11.6. The average molecular weight is 1110 g/mol. The van der Waals surface area contributed by atoms with Crippen LogP contribution in [0.3, 0.4) is 0 Å². The Hall–Kier alpha value is -11.1. The van der Waals surface area contributed by atoms with Gasteiger partial charge < -0.3 is 0 Å². The zero-order valence-electron chi connectivity index (χ0n) is 48.3. The number of hydrogen-bond acceptors (Lipinski definition) is 2. The van der Waals surface area contributed by atoms with E-state index in [2.05, 4.69) is 317 Å². The SMILES string of the molecule is CC1(C)c2cc3c4ccccc4c4ccccc4c3cc2-c2cc3c4ccccc4c4cc(-c5cccc(-c6nc(-c7cc(-c8ccccc8)cc(-c8ccccc8)c7)cc(-c7cc(-c8ccccc8)cc(-c8ccccc8)c7)n6)c5)ccc4c3cc21. The van der Waals surface area contributed by atoms with Gasteiger partial charge in [-0.05, 0) is 221 Å². The molecule has 0 atom stereocenters. The van der Waals surface area contributed by atoms with Crippen molar-refractivity contribution in [1.29, 1.82) is 0 Å². The Bertz CT molecular complexity index is 5190. The van der Waals surface area contributed by atoms with Crippen LogP contribution in [0, 0.1) is 0 Å². The molecule has 1 aliphatic carbocycles. The maximum absolute atomic E-state index is 5.58.